The summed E-state index contributed by atoms with van der Waals surface area (Å²) in [5.41, 5.74) is 6.30. The number of H-pyrrole nitrogens is 1. The van der Waals surface area contributed by atoms with Crippen LogP contribution in [0.3, 0.4) is 0 Å². The van der Waals surface area contributed by atoms with Crippen LogP contribution >= 0.6 is 11.8 Å². The zero-order chi connectivity index (χ0) is 21.1. The van der Waals surface area contributed by atoms with Gasteiger partial charge < -0.3 is 31.8 Å². The summed E-state index contributed by atoms with van der Waals surface area (Å²) in [4.78, 5) is 54.0. The predicted octanol–water partition coefficient (Wildman–Crippen LogP) is -1.78. The third kappa shape index (κ3) is 8.39. The molecule has 0 saturated carbocycles. The van der Waals surface area contributed by atoms with Gasteiger partial charge in [-0.1, -0.05) is 0 Å². The maximum Gasteiger partial charge on any atom is 0.325 e. The van der Waals surface area contributed by atoms with Crippen LogP contribution in [0, 0.1) is 0 Å². The van der Waals surface area contributed by atoms with Gasteiger partial charge in [-0.15, -0.1) is 0 Å². The Morgan fingerprint density at radius 1 is 1.29 bits per heavy atom. The molecule has 1 aromatic rings. The number of aliphatic carboxylic acids is 1. The van der Waals surface area contributed by atoms with E-state index in [2.05, 4.69) is 25.9 Å². The molecular weight excluding hydrogens is 388 g/mol. The van der Waals surface area contributed by atoms with E-state index in [1.165, 1.54) is 19.4 Å². The van der Waals surface area contributed by atoms with Crippen LogP contribution in [0.15, 0.2) is 12.5 Å². The fraction of sp³-hybridized carbons (Fsp3) is 0.562. The Hall–Kier alpha value is -2.60. The van der Waals surface area contributed by atoms with Crippen molar-refractivity contribution < 1.29 is 24.3 Å². The number of carboxylic acids is 1. The molecule has 0 fully saturated rings. The van der Waals surface area contributed by atoms with Gasteiger partial charge in [-0.05, 0) is 25.4 Å². The first-order valence-electron chi connectivity index (χ1n) is 8.56. The number of carbonyl (C=O) groups excluding carboxylic acids is 3. The van der Waals surface area contributed by atoms with Gasteiger partial charge in [-0.25, -0.2) is 4.98 Å². The number of carbonyl (C=O) groups is 4. The van der Waals surface area contributed by atoms with Crippen LogP contribution in [0.5, 0.6) is 0 Å². The fourth-order valence-electron chi connectivity index (χ4n) is 2.12. The van der Waals surface area contributed by atoms with Crippen molar-refractivity contribution in [2.75, 3.05) is 18.6 Å². The Morgan fingerprint density at radius 3 is 2.57 bits per heavy atom. The molecule has 1 heterocycles. The molecule has 0 aliphatic heterocycles. The predicted molar refractivity (Wildman–Crippen MR) is 103 cm³/mol. The van der Waals surface area contributed by atoms with Gasteiger partial charge in [0, 0.05) is 18.3 Å². The standard InChI is InChI=1S/C16H26N6O5S/c1-9(16(26)27)21-15(25)12(5-10-6-18-8-20-10)22-13(23)7-19-14(24)11(17)3-4-28-2/h6,8-9,11-12H,3-5,7,17H2,1-2H3,(H,18,20)(H,19,24)(H,21,25)(H,22,23)(H,26,27). The van der Waals surface area contributed by atoms with E-state index in [0.717, 1.165) is 5.75 Å². The number of aromatic amines is 1. The second-order valence-corrected chi connectivity index (χ2v) is 7.06. The molecule has 3 unspecified atom stereocenters. The molecule has 12 heteroatoms. The average molecular weight is 414 g/mol. The molecule has 1 aromatic heterocycles. The number of imidazole rings is 1. The average Bonchev–Trinajstić information content (AvgIpc) is 3.16. The molecule has 0 aliphatic carbocycles. The SMILES string of the molecule is CSCCC(N)C(=O)NCC(=O)NC(Cc1cnc[nH]1)C(=O)NC(C)C(=O)O. The number of aromatic nitrogens is 2. The Labute approximate surface area is 166 Å². The summed E-state index contributed by atoms with van der Waals surface area (Å²) >= 11 is 1.56. The van der Waals surface area contributed by atoms with Crippen molar-refractivity contribution in [2.24, 2.45) is 5.73 Å². The Kier molecular flexibility index (Phi) is 10.0. The minimum atomic E-state index is -1.20. The van der Waals surface area contributed by atoms with E-state index >= 15 is 0 Å². The molecule has 1 rings (SSSR count). The van der Waals surface area contributed by atoms with Crippen molar-refractivity contribution in [3.63, 3.8) is 0 Å². The van der Waals surface area contributed by atoms with Crippen LogP contribution in [-0.4, -0.2) is 75.4 Å². The maximum absolute atomic E-state index is 12.4. The fourth-order valence-corrected chi connectivity index (χ4v) is 2.61. The topological polar surface area (TPSA) is 179 Å². The molecule has 0 radical (unpaired) electrons. The number of amides is 3. The number of carboxylic acid groups (broad SMARTS) is 1. The monoisotopic (exact) mass is 414 g/mol. The van der Waals surface area contributed by atoms with Gasteiger partial charge in [0.05, 0.1) is 18.9 Å². The van der Waals surface area contributed by atoms with Crippen molar-refractivity contribution in [2.45, 2.75) is 37.9 Å². The first-order chi connectivity index (χ1) is 13.2. The van der Waals surface area contributed by atoms with Crippen LogP contribution in [0.1, 0.15) is 19.0 Å². The zero-order valence-corrected chi connectivity index (χ0v) is 16.5. The molecule has 0 bridgehead atoms. The van der Waals surface area contributed by atoms with E-state index in [-0.39, 0.29) is 13.0 Å². The number of hydrogen-bond donors (Lipinski definition) is 6. The molecule has 0 spiro atoms. The van der Waals surface area contributed by atoms with Crippen LogP contribution in [0.2, 0.25) is 0 Å². The van der Waals surface area contributed by atoms with Crippen LogP contribution in [0.4, 0.5) is 0 Å². The van der Waals surface area contributed by atoms with E-state index in [1.54, 1.807) is 11.8 Å². The maximum atomic E-state index is 12.4. The molecule has 28 heavy (non-hydrogen) atoms. The van der Waals surface area contributed by atoms with Crippen molar-refractivity contribution >= 4 is 35.5 Å². The van der Waals surface area contributed by atoms with Gasteiger partial charge in [-0.2, -0.15) is 11.8 Å². The number of nitrogens with one attached hydrogen (secondary N) is 4. The summed E-state index contributed by atoms with van der Waals surface area (Å²) in [5.74, 6) is -2.21. The van der Waals surface area contributed by atoms with Crippen LogP contribution in [0.25, 0.3) is 0 Å². The van der Waals surface area contributed by atoms with Crippen molar-refractivity contribution in [3.8, 4) is 0 Å². The quantitative estimate of drug-likeness (QED) is 0.232. The molecule has 0 saturated heterocycles. The zero-order valence-electron chi connectivity index (χ0n) is 15.7. The second-order valence-electron chi connectivity index (χ2n) is 6.08. The van der Waals surface area contributed by atoms with E-state index < -0.39 is 41.8 Å². The normalized spacial score (nSPS) is 13.8. The molecule has 0 aliphatic rings. The summed E-state index contributed by atoms with van der Waals surface area (Å²) in [6, 6.07) is -2.89. The lowest BCUT2D eigenvalue weighted by molar-refractivity contribution is -0.141. The summed E-state index contributed by atoms with van der Waals surface area (Å²) in [7, 11) is 0. The minimum Gasteiger partial charge on any atom is -0.480 e. The van der Waals surface area contributed by atoms with Gasteiger partial charge in [0.2, 0.25) is 17.7 Å². The number of nitrogens with two attached hydrogens (primary N) is 1. The first kappa shape index (κ1) is 23.4. The summed E-state index contributed by atoms with van der Waals surface area (Å²) < 4.78 is 0. The summed E-state index contributed by atoms with van der Waals surface area (Å²) in [6.07, 6.45) is 5.35. The van der Waals surface area contributed by atoms with Gasteiger partial charge in [0.15, 0.2) is 0 Å². The third-order valence-corrected chi connectivity index (χ3v) is 4.40. The van der Waals surface area contributed by atoms with Crippen LogP contribution < -0.4 is 21.7 Å². The molecule has 156 valence electrons. The van der Waals surface area contributed by atoms with Gasteiger partial charge in [0.1, 0.15) is 12.1 Å². The number of rotatable bonds is 12. The highest BCUT2D eigenvalue weighted by molar-refractivity contribution is 7.98. The number of nitrogens with zero attached hydrogens (tertiary/aromatic N) is 1. The third-order valence-electron chi connectivity index (χ3n) is 3.75. The minimum absolute atomic E-state index is 0.0745. The number of thioether (sulfide) groups is 1. The van der Waals surface area contributed by atoms with Crippen molar-refractivity contribution in [3.05, 3.63) is 18.2 Å². The molecule has 0 aromatic carbocycles. The Bertz CT molecular complexity index is 668. The van der Waals surface area contributed by atoms with E-state index in [0.29, 0.717) is 12.1 Å². The number of hydrogen-bond acceptors (Lipinski definition) is 7. The Balaban J connectivity index is 2.63. The van der Waals surface area contributed by atoms with Gasteiger partial charge in [0.25, 0.3) is 0 Å². The molecule has 11 nitrogen and oxygen atoms in total. The summed E-state index contributed by atoms with van der Waals surface area (Å²) in [5, 5.41) is 16.1. The van der Waals surface area contributed by atoms with Crippen molar-refractivity contribution in [1.82, 2.24) is 25.9 Å². The van der Waals surface area contributed by atoms with Gasteiger partial charge >= 0.3 is 5.97 Å². The van der Waals surface area contributed by atoms with E-state index in [9.17, 15) is 19.2 Å². The molecule has 7 N–H and O–H groups in total. The lowest BCUT2D eigenvalue weighted by Gasteiger charge is -2.20. The highest BCUT2D eigenvalue weighted by Crippen LogP contribution is 2.01. The van der Waals surface area contributed by atoms with Crippen molar-refractivity contribution in [1.29, 1.82) is 0 Å². The smallest absolute Gasteiger partial charge is 0.325 e. The first-order valence-corrected chi connectivity index (χ1v) is 9.96. The van der Waals surface area contributed by atoms with Crippen LogP contribution in [-0.2, 0) is 25.6 Å². The summed E-state index contributed by atoms with van der Waals surface area (Å²) in [6.45, 7) is 0.957. The lowest BCUT2D eigenvalue weighted by atomic mass is 10.1. The molecule has 3 atom stereocenters. The molecule has 3 amide bonds. The molecular formula is C16H26N6O5S. The van der Waals surface area contributed by atoms with E-state index in [4.69, 9.17) is 10.8 Å². The largest absolute Gasteiger partial charge is 0.480 e. The van der Waals surface area contributed by atoms with Gasteiger partial charge in [-0.3, -0.25) is 19.2 Å². The second kappa shape index (κ2) is 12.0. The lowest BCUT2D eigenvalue weighted by Crippen LogP contribution is -2.54. The highest BCUT2D eigenvalue weighted by atomic mass is 32.2. The van der Waals surface area contributed by atoms with E-state index in [1.807, 2.05) is 6.26 Å². The Morgan fingerprint density at radius 2 is 2.00 bits per heavy atom. The highest BCUT2D eigenvalue weighted by Gasteiger charge is 2.25.